The summed E-state index contributed by atoms with van der Waals surface area (Å²) >= 11 is 0. The highest BCUT2D eigenvalue weighted by Gasteiger charge is 2.14. The second-order valence-electron chi connectivity index (χ2n) is 4.35. The lowest BCUT2D eigenvalue weighted by Gasteiger charge is -2.07. The topological polar surface area (TPSA) is 60.2 Å². The molecule has 0 aliphatic rings. The van der Waals surface area contributed by atoms with Crippen LogP contribution in [0, 0.1) is 0 Å². The average molecular weight is 261 g/mol. The predicted octanol–water partition coefficient (Wildman–Crippen LogP) is 2.81. The van der Waals surface area contributed by atoms with Crippen molar-refractivity contribution < 1.29 is 9.15 Å². The van der Waals surface area contributed by atoms with Crippen LogP contribution in [0.25, 0.3) is 11.5 Å². The van der Waals surface area contributed by atoms with Crippen LogP contribution in [0.2, 0.25) is 0 Å². The maximum absolute atomic E-state index is 5.69. The van der Waals surface area contributed by atoms with Gasteiger partial charge in [-0.1, -0.05) is 13.0 Å². The van der Waals surface area contributed by atoms with Gasteiger partial charge in [-0.3, -0.25) is 0 Å². The summed E-state index contributed by atoms with van der Waals surface area (Å²) in [7, 11) is 1.63. The third kappa shape index (κ3) is 3.32. The Labute approximate surface area is 113 Å². The van der Waals surface area contributed by atoms with E-state index in [9.17, 15) is 0 Å². The highest BCUT2D eigenvalue weighted by Crippen LogP contribution is 2.24. The third-order valence-electron chi connectivity index (χ3n) is 2.83. The fourth-order valence-electron chi connectivity index (χ4n) is 1.73. The lowest BCUT2D eigenvalue weighted by molar-refractivity contribution is 0.413. The molecule has 1 atom stereocenters. The van der Waals surface area contributed by atoms with Gasteiger partial charge in [0.15, 0.2) is 0 Å². The molecular weight excluding hydrogens is 242 g/mol. The molecule has 2 rings (SSSR count). The number of methoxy groups -OCH3 is 1. The molecule has 0 saturated heterocycles. The number of nitrogens with one attached hydrogen (secondary N) is 1. The van der Waals surface area contributed by atoms with Crippen molar-refractivity contribution in [1.29, 1.82) is 0 Å². The molecule has 0 amide bonds. The Kier molecular flexibility index (Phi) is 4.52. The van der Waals surface area contributed by atoms with Crippen LogP contribution in [-0.2, 0) is 0 Å². The van der Waals surface area contributed by atoms with Gasteiger partial charge in [-0.2, -0.15) is 0 Å². The Morgan fingerprint density at radius 2 is 2.21 bits per heavy atom. The van der Waals surface area contributed by atoms with Crippen molar-refractivity contribution in [2.45, 2.75) is 26.3 Å². The number of hydrogen-bond acceptors (Lipinski definition) is 5. The first kappa shape index (κ1) is 13.5. The van der Waals surface area contributed by atoms with E-state index >= 15 is 0 Å². The van der Waals surface area contributed by atoms with Gasteiger partial charge in [-0.25, -0.2) is 0 Å². The van der Waals surface area contributed by atoms with Gasteiger partial charge in [-0.15, -0.1) is 10.2 Å². The Morgan fingerprint density at radius 3 is 2.95 bits per heavy atom. The molecule has 5 heteroatoms. The maximum atomic E-state index is 5.69. The summed E-state index contributed by atoms with van der Waals surface area (Å²) in [6.45, 7) is 5.06. The van der Waals surface area contributed by atoms with E-state index in [0.29, 0.717) is 11.8 Å². The molecule has 2 aromatic rings. The number of hydrogen-bond donors (Lipinski definition) is 1. The molecule has 0 spiro atoms. The van der Waals surface area contributed by atoms with Crippen LogP contribution in [0.5, 0.6) is 5.75 Å². The van der Waals surface area contributed by atoms with Crippen molar-refractivity contribution in [3.63, 3.8) is 0 Å². The van der Waals surface area contributed by atoms with Gasteiger partial charge >= 0.3 is 0 Å². The minimum atomic E-state index is 0.0619. The first-order chi connectivity index (χ1) is 9.24. The van der Waals surface area contributed by atoms with Gasteiger partial charge in [-0.05, 0) is 38.1 Å². The number of ether oxygens (including phenoxy) is 1. The zero-order valence-electron chi connectivity index (χ0n) is 11.5. The lowest BCUT2D eigenvalue weighted by Crippen LogP contribution is -2.19. The molecule has 0 aliphatic heterocycles. The summed E-state index contributed by atoms with van der Waals surface area (Å²) in [5.74, 6) is 1.89. The minimum Gasteiger partial charge on any atom is -0.497 e. The van der Waals surface area contributed by atoms with Crippen molar-refractivity contribution in [3.05, 3.63) is 30.2 Å². The van der Waals surface area contributed by atoms with Gasteiger partial charge in [0.05, 0.1) is 13.2 Å². The third-order valence-corrected chi connectivity index (χ3v) is 2.83. The second-order valence-corrected chi connectivity index (χ2v) is 4.35. The standard InChI is InChI=1S/C14H19N3O2/c1-4-8-15-10(2)13-16-17-14(19-13)11-6-5-7-12(9-11)18-3/h5-7,9-10,15H,4,8H2,1-3H3. The molecule has 1 aromatic carbocycles. The molecule has 1 N–H and O–H groups in total. The predicted molar refractivity (Wildman–Crippen MR) is 73.0 cm³/mol. The van der Waals surface area contributed by atoms with Crippen LogP contribution in [0.15, 0.2) is 28.7 Å². The Balaban J connectivity index is 2.15. The Hall–Kier alpha value is -1.88. The molecule has 0 aliphatic carbocycles. The Bertz CT molecular complexity index is 525. The zero-order chi connectivity index (χ0) is 13.7. The number of benzene rings is 1. The van der Waals surface area contributed by atoms with Gasteiger partial charge < -0.3 is 14.5 Å². The van der Waals surface area contributed by atoms with E-state index in [1.54, 1.807) is 7.11 Å². The molecular formula is C14H19N3O2. The largest absolute Gasteiger partial charge is 0.497 e. The van der Waals surface area contributed by atoms with Gasteiger partial charge in [0.25, 0.3) is 0 Å². The summed E-state index contributed by atoms with van der Waals surface area (Å²) in [4.78, 5) is 0. The van der Waals surface area contributed by atoms with Crippen LogP contribution in [0.1, 0.15) is 32.2 Å². The monoisotopic (exact) mass is 261 g/mol. The highest BCUT2D eigenvalue weighted by atomic mass is 16.5. The SMILES string of the molecule is CCCNC(C)c1nnc(-c2cccc(OC)c2)o1. The molecule has 19 heavy (non-hydrogen) atoms. The molecule has 0 saturated carbocycles. The molecule has 1 aromatic heterocycles. The van der Waals surface area contributed by atoms with E-state index < -0.39 is 0 Å². The van der Waals surface area contributed by atoms with Crippen LogP contribution >= 0.6 is 0 Å². The second kappa shape index (κ2) is 6.33. The maximum Gasteiger partial charge on any atom is 0.247 e. The molecule has 0 fully saturated rings. The van der Waals surface area contributed by atoms with E-state index in [0.717, 1.165) is 24.3 Å². The van der Waals surface area contributed by atoms with E-state index in [1.807, 2.05) is 31.2 Å². The molecule has 1 unspecified atom stereocenters. The van der Waals surface area contributed by atoms with E-state index in [2.05, 4.69) is 22.4 Å². The first-order valence-corrected chi connectivity index (χ1v) is 6.45. The van der Waals surface area contributed by atoms with E-state index in [-0.39, 0.29) is 6.04 Å². The molecule has 0 bridgehead atoms. The van der Waals surface area contributed by atoms with Gasteiger partial charge in [0, 0.05) is 5.56 Å². The van der Waals surface area contributed by atoms with Crippen molar-refractivity contribution >= 4 is 0 Å². The number of nitrogens with zero attached hydrogens (tertiary/aromatic N) is 2. The van der Waals surface area contributed by atoms with Crippen LogP contribution in [0.3, 0.4) is 0 Å². The number of rotatable bonds is 6. The zero-order valence-corrected chi connectivity index (χ0v) is 11.5. The van der Waals surface area contributed by atoms with Crippen molar-refractivity contribution in [3.8, 4) is 17.2 Å². The summed E-state index contributed by atoms with van der Waals surface area (Å²) in [6, 6.07) is 7.64. The normalized spacial score (nSPS) is 12.4. The lowest BCUT2D eigenvalue weighted by atomic mass is 10.2. The Morgan fingerprint density at radius 1 is 1.37 bits per heavy atom. The van der Waals surface area contributed by atoms with Gasteiger partial charge in [0.1, 0.15) is 5.75 Å². The molecule has 1 heterocycles. The smallest absolute Gasteiger partial charge is 0.247 e. The van der Waals surface area contributed by atoms with Crippen molar-refractivity contribution in [2.24, 2.45) is 0 Å². The fourth-order valence-corrected chi connectivity index (χ4v) is 1.73. The van der Waals surface area contributed by atoms with Crippen molar-refractivity contribution in [2.75, 3.05) is 13.7 Å². The minimum absolute atomic E-state index is 0.0619. The van der Waals surface area contributed by atoms with E-state index in [1.165, 1.54) is 0 Å². The quantitative estimate of drug-likeness (QED) is 0.866. The molecule has 0 radical (unpaired) electrons. The van der Waals surface area contributed by atoms with Crippen LogP contribution < -0.4 is 10.1 Å². The first-order valence-electron chi connectivity index (χ1n) is 6.45. The summed E-state index contributed by atoms with van der Waals surface area (Å²) in [5.41, 5.74) is 0.862. The summed E-state index contributed by atoms with van der Waals surface area (Å²) in [6.07, 6.45) is 1.07. The average Bonchev–Trinajstić information content (AvgIpc) is 2.94. The van der Waals surface area contributed by atoms with Gasteiger partial charge in [0.2, 0.25) is 11.8 Å². The summed E-state index contributed by atoms with van der Waals surface area (Å²) < 4.78 is 10.9. The van der Waals surface area contributed by atoms with Crippen molar-refractivity contribution in [1.82, 2.24) is 15.5 Å². The van der Waals surface area contributed by atoms with Crippen LogP contribution in [0.4, 0.5) is 0 Å². The van der Waals surface area contributed by atoms with Crippen LogP contribution in [-0.4, -0.2) is 23.9 Å². The molecule has 102 valence electrons. The number of aromatic nitrogens is 2. The molecule has 5 nitrogen and oxygen atoms in total. The van der Waals surface area contributed by atoms with E-state index in [4.69, 9.17) is 9.15 Å². The fraction of sp³-hybridized carbons (Fsp3) is 0.429. The highest BCUT2D eigenvalue weighted by molar-refractivity contribution is 5.55. The summed E-state index contributed by atoms with van der Waals surface area (Å²) in [5, 5.41) is 11.5.